The number of amides is 1. The number of ether oxygens (including phenoxy) is 1. The zero-order chi connectivity index (χ0) is 18.1. The summed E-state index contributed by atoms with van der Waals surface area (Å²) in [6.45, 7) is 0.510. The first-order valence-electron chi connectivity index (χ1n) is 8.68. The summed E-state index contributed by atoms with van der Waals surface area (Å²) in [7, 11) is 1.39. The van der Waals surface area contributed by atoms with Gasteiger partial charge < -0.3 is 14.6 Å². The Morgan fingerprint density at radius 2 is 1.92 bits per heavy atom. The number of aromatic amines is 1. The monoisotopic (exact) mass is 348 g/mol. The van der Waals surface area contributed by atoms with Crippen LogP contribution in [0.1, 0.15) is 23.5 Å². The second kappa shape index (κ2) is 6.67. The summed E-state index contributed by atoms with van der Waals surface area (Å²) < 4.78 is 4.81. The first-order valence-corrected chi connectivity index (χ1v) is 8.68. The number of methoxy groups -OCH3 is 1. The molecule has 132 valence electrons. The molecule has 0 aliphatic carbocycles. The summed E-state index contributed by atoms with van der Waals surface area (Å²) in [5.41, 5.74) is 3.94. The molecule has 1 unspecified atom stereocenters. The van der Waals surface area contributed by atoms with Crippen LogP contribution in [0.4, 0.5) is 5.69 Å². The van der Waals surface area contributed by atoms with E-state index in [0.717, 1.165) is 27.7 Å². The topological polar surface area (TPSA) is 62.4 Å². The van der Waals surface area contributed by atoms with E-state index in [1.807, 2.05) is 54.7 Å². The van der Waals surface area contributed by atoms with Gasteiger partial charge in [-0.25, -0.2) is 0 Å². The van der Waals surface area contributed by atoms with Crippen molar-refractivity contribution in [2.45, 2.75) is 18.8 Å². The van der Waals surface area contributed by atoms with Gasteiger partial charge in [0.05, 0.1) is 20.0 Å². The standard InChI is InChI=1S/C21H20N2O3/c1-26-21(25)11-15-13-23(19-9-5-3-7-17(15)19)20(24)10-14-12-22-18-8-4-2-6-16(14)18/h2-9,12,15,22H,10-11,13H2,1H3. The molecule has 3 aromatic rings. The highest BCUT2D eigenvalue weighted by Gasteiger charge is 2.33. The molecule has 0 bridgehead atoms. The molecular weight excluding hydrogens is 328 g/mol. The van der Waals surface area contributed by atoms with Gasteiger partial charge in [-0.2, -0.15) is 0 Å². The van der Waals surface area contributed by atoms with E-state index in [9.17, 15) is 9.59 Å². The quantitative estimate of drug-likeness (QED) is 0.735. The SMILES string of the molecule is COC(=O)CC1CN(C(=O)Cc2c[nH]c3ccccc23)c2ccccc21. The van der Waals surface area contributed by atoms with E-state index in [1.54, 1.807) is 4.90 Å². The van der Waals surface area contributed by atoms with Crippen LogP contribution in [-0.4, -0.2) is 30.5 Å². The lowest BCUT2D eigenvalue weighted by atomic mass is 9.98. The van der Waals surface area contributed by atoms with Crippen LogP contribution in [0.2, 0.25) is 0 Å². The normalized spacial score (nSPS) is 15.9. The molecule has 1 aliphatic rings. The average molecular weight is 348 g/mol. The Kier molecular flexibility index (Phi) is 4.21. The molecule has 4 rings (SSSR count). The maximum Gasteiger partial charge on any atom is 0.306 e. The number of nitrogens with zero attached hydrogens (tertiary/aromatic N) is 1. The number of carbonyl (C=O) groups excluding carboxylic acids is 2. The molecule has 2 heterocycles. The fourth-order valence-corrected chi connectivity index (χ4v) is 3.73. The number of rotatable bonds is 4. The summed E-state index contributed by atoms with van der Waals surface area (Å²) in [5, 5.41) is 1.07. The van der Waals surface area contributed by atoms with E-state index in [-0.39, 0.29) is 24.2 Å². The molecule has 5 nitrogen and oxygen atoms in total. The minimum atomic E-state index is -0.254. The molecule has 1 amide bonds. The second-order valence-corrected chi connectivity index (χ2v) is 6.58. The number of hydrogen-bond donors (Lipinski definition) is 1. The number of H-pyrrole nitrogens is 1. The van der Waals surface area contributed by atoms with Crippen molar-refractivity contribution in [3.8, 4) is 0 Å². The van der Waals surface area contributed by atoms with Crippen LogP contribution < -0.4 is 4.90 Å². The van der Waals surface area contributed by atoms with Crippen LogP contribution in [0.25, 0.3) is 10.9 Å². The van der Waals surface area contributed by atoms with Crippen molar-refractivity contribution in [2.24, 2.45) is 0 Å². The van der Waals surface area contributed by atoms with Gasteiger partial charge in [0.1, 0.15) is 0 Å². The second-order valence-electron chi connectivity index (χ2n) is 6.58. The molecule has 0 saturated carbocycles. The van der Waals surface area contributed by atoms with Crippen molar-refractivity contribution in [3.63, 3.8) is 0 Å². The van der Waals surface area contributed by atoms with Gasteiger partial charge in [0, 0.05) is 35.2 Å². The van der Waals surface area contributed by atoms with Crippen molar-refractivity contribution in [1.29, 1.82) is 0 Å². The third-order valence-electron chi connectivity index (χ3n) is 5.03. The Labute approximate surface area is 151 Å². The van der Waals surface area contributed by atoms with Gasteiger partial charge in [-0.1, -0.05) is 36.4 Å². The molecular formula is C21H20N2O3. The molecule has 2 aromatic carbocycles. The lowest BCUT2D eigenvalue weighted by Gasteiger charge is -2.17. The Morgan fingerprint density at radius 3 is 2.77 bits per heavy atom. The summed E-state index contributed by atoms with van der Waals surface area (Å²) in [6.07, 6.45) is 2.50. The van der Waals surface area contributed by atoms with Gasteiger partial charge in [-0.05, 0) is 23.3 Å². The highest BCUT2D eigenvalue weighted by molar-refractivity contribution is 5.99. The van der Waals surface area contributed by atoms with Crippen LogP contribution in [0.15, 0.2) is 54.7 Å². The summed E-state index contributed by atoms with van der Waals surface area (Å²) >= 11 is 0. The molecule has 0 spiro atoms. The molecule has 0 saturated heterocycles. The Balaban J connectivity index is 1.59. The highest BCUT2D eigenvalue weighted by Crippen LogP contribution is 2.38. The molecule has 1 aliphatic heterocycles. The third kappa shape index (κ3) is 2.86. The number of carbonyl (C=O) groups is 2. The first kappa shape index (κ1) is 16.4. The average Bonchev–Trinajstić information content (AvgIpc) is 3.24. The molecule has 5 heteroatoms. The number of nitrogens with one attached hydrogen (secondary N) is 1. The van der Waals surface area contributed by atoms with E-state index < -0.39 is 0 Å². The van der Waals surface area contributed by atoms with Gasteiger partial charge in [0.2, 0.25) is 5.91 Å². The summed E-state index contributed by atoms with van der Waals surface area (Å²) in [5.74, 6) is -0.240. The summed E-state index contributed by atoms with van der Waals surface area (Å²) in [4.78, 5) is 29.8. The first-order chi connectivity index (χ1) is 12.7. The Hall–Kier alpha value is -3.08. The number of esters is 1. The number of para-hydroxylation sites is 2. The lowest BCUT2D eigenvalue weighted by Crippen LogP contribution is -2.31. The molecule has 0 radical (unpaired) electrons. The fraction of sp³-hybridized carbons (Fsp3) is 0.238. The van der Waals surface area contributed by atoms with Crippen LogP contribution in [0, 0.1) is 0 Å². The zero-order valence-electron chi connectivity index (χ0n) is 14.6. The molecule has 1 N–H and O–H groups in total. The maximum absolute atomic E-state index is 13.0. The van der Waals surface area contributed by atoms with Crippen molar-refractivity contribution in [3.05, 3.63) is 65.9 Å². The van der Waals surface area contributed by atoms with Crippen LogP contribution in [-0.2, 0) is 20.7 Å². The number of aromatic nitrogens is 1. The minimum absolute atomic E-state index is 0.0226. The molecule has 1 atom stereocenters. The van der Waals surface area contributed by atoms with Gasteiger partial charge >= 0.3 is 5.97 Å². The van der Waals surface area contributed by atoms with E-state index >= 15 is 0 Å². The Bertz CT molecular complexity index is 976. The van der Waals surface area contributed by atoms with Crippen LogP contribution >= 0.6 is 0 Å². The van der Waals surface area contributed by atoms with Gasteiger partial charge in [0.15, 0.2) is 0 Å². The largest absolute Gasteiger partial charge is 0.469 e. The number of fused-ring (bicyclic) bond motifs is 2. The molecule has 1 aromatic heterocycles. The third-order valence-corrected chi connectivity index (χ3v) is 5.03. The number of benzene rings is 2. The van der Waals surface area contributed by atoms with Crippen molar-refractivity contribution >= 4 is 28.5 Å². The highest BCUT2D eigenvalue weighted by atomic mass is 16.5. The van der Waals surface area contributed by atoms with Crippen LogP contribution in [0.3, 0.4) is 0 Å². The van der Waals surface area contributed by atoms with Crippen molar-refractivity contribution in [2.75, 3.05) is 18.6 Å². The van der Waals surface area contributed by atoms with E-state index in [0.29, 0.717) is 13.0 Å². The fourth-order valence-electron chi connectivity index (χ4n) is 3.73. The van der Waals surface area contributed by atoms with E-state index in [1.165, 1.54) is 7.11 Å². The van der Waals surface area contributed by atoms with Crippen molar-refractivity contribution in [1.82, 2.24) is 4.98 Å². The molecule has 0 fully saturated rings. The van der Waals surface area contributed by atoms with Gasteiger partial charge in [-0.3, -0.25) is 9.59 Å². The minimum Gasteiger partial charge on any atom is -0.469 e. The predicted octanol–water partition coefficient (Wildman–Crippen LogP) is 3.40. The lowest BCUT2D eigenvalue weighted by molar-refractivity contribution is -0.141. The Morgan fingerprint density at radius 1 is 1.15 bits per heavy atom. The van der Waals surface area contributed by atoms with Gasteiger partial charge in [-0.15, -0.1) is 0 Å². The number of anilines is 1. The molecule has 26 heavy (non-hydrogen) atoms. The zero-order valence-corrected chi connectivity index (χ0v) is 14.6. The van der Waals surface area contributed by atoms with Gasteiger partial charge in [0.25, 0.3) is 0 Å². The predicted molar refractivity (Wildman–Crippen MR) is 100 cm³/mol. The number of hydrogen-bond acceptors (Lipinski definition) is 3. The van der Waals surface area contributed by atoms with E-state index in [2.05, 4.69) is 4.98 Å². The maximum atomic E-state index is 13.0. The summed E-state index contributed by atoms with van der Waals surface area (Å²) in [6, 6.07) is 15.8. The smallest absolute Gasteiger partial charge is 0.306 e. The van der Waals surface area contributed by atoms with Crippen molar-refractivity contribution < 1.29 is 14.3 Å². The van der Waals surface area contributed by atoms with Crippen LogP contribution in [0.5, 0.6) is 0 Å². The van der Waals surface area contributed by atoms with E-state index in [4.69, 9.17) is 4.74 Å².